The summed E-state index contributed by atoms with van der Waals surface area (Å²) in [6, 6.07) is 0. The minimum Gasteiger partial charge on any atom is -0.387 e. The van der Waals surface area contributed by atoms with Gasteiger partial charge in [0.1, 0.15) is 0 Å². The van der Waals surface area contributed by atoms with Gasteiger partial charge in [-0.3, -0.25) is 0 Å². The van der Waals surface area contributed by atoms with Gasteiger partial charge in [0.15, 0.2) is 0 Å². The average Bonchev–Trinajstić information content (AvgIpc) is 1.69. The van der Waals surface area contributed by atoms with Crippen LogP contribution in [0.25, 0.3) is 0 Å². The first kappa shape index (κ1) is 4.72. The molecule has 0 aliphatic carbocycles. The Kier molecular flexibility index (Phi) is 1.37. The van der Waals surface area contributed by atoms with Gasteiger partial charge in [-0.2, -0.15) is 0 Å². The molecule has 7 heavy (non-hydrogen) atoms. The van der Waals surface area contributed by atoms with Crippen LogP contribution in [-0.4, -0.2) is 6.54 Å². The zero-order valence-electron chi connectivity index (χ0n) is 3.82. The van der Waals surface area contributed by atoms with Gasteiger partial charge < -0.3 is 5.32 Å². The third-order valence-electron chi connectivity index (χ3n) is 0.775. The predicted molar refractivity (Wildman–Crippen MR) is 31.1 cm³/mol. The maximum Gasteiger partial charge on any atom is 0.0397 e. The molecule has 0 atom stereocenters. The second-order valence-corrected chi connectivity index (χ2v) is 1.77. The molecule has 1 N–H and O–H groups in total. The number of allylic oxidation sites excluding steroid dienone is 2. The van der Waals surface area contributed by atoms with Crippen LogP contribution in [-0.2, 0) is 0 Å². The first-order valence-electron chi connectivity index (χ1n) is 2.15. The molecule has 0 saturated heterocycles. The van der Waals surface area contributed by atoms with Crippen LogP contribution in [0.1, 0.15) is 0 Å². The topological polar surface area (TPSA) is 12.0 Å². The zero-order chi connectivity index (χ0) is 5.11. The number of halogens is 1. The Bertz CT molecular complexity index is 115. The Balaban J connectivity index is 2.58. The van der Waals surface area contributed by atoms with E-state index in [2.05, 4.69) is 5.32 Å². The number of rotatable bonds is 0. The number of dihydropyridines is 1. The van der Waals surface area contributed by atoms with Crippen LogP contribution >= 0.6 is 11.6 Å². The Morgan fingerprint density at radius 3 is 2.86 bits per heavy atom. The molecule has 0 aromatic rings. The molecule has 0 bridgehead atoms. The number of nitrogens with one attached hydrogen (secondary N) is 1. The maximum absolute atomic E-state index is 5.55. The van der Waals surface area contributed by atoms with Crippen molar-refractivity contribution in [3.05, 3.63) is 23.4 Å². The van der Waals surface area contributed by atoms with Crippen LogP contribution in [0.2, 0.25) is 0 Å². The normalized spacial score (nSPS) is 18.1. The largest absolute Gasteiger partial charge is 0.387 e. The summed E-state index contributed by atoms with van der Waals surface area (Å²) in [5, 5.41) is 3.79. The van der Waals surface area contributed by atoms with Crippen LogP contribution in [0.5, 0.6) is 0 Å². The molecule has 1 rings (SSSR count). The first-order chi connectivity index (χ1) is 3.39. The van der Waals surface area contributed by atoms with Gasteiger partial charge in [0.25, 0.3) is 0 Å². The molecule has 1 nitrogen and oxygen atoms in total. The van der Waals surface area contributed by atoms with Crippen LogP contribution < -0.4 is 5.32 Å². The standard InChI is InChI=1S/C5H6ClN/c6-5-1-3-7-4-2-5/h1-3,7H,4H2. The Morgan fingerprint density at radius 1 is 1.71 bits per heavy atom. The van der Waals surface area contributed by atoms with Crippen molar-refractivity contribution in [3.63, 3.8) is 0 Å². The third kappa shape index (κ3) is 1.24. The van der Waals surface area contributed by atoms with Gasteiger partial charge >= 0.3 is 0 Å². The van der Waals surface area contributed by atoms with E-state index in [0.29, 0.717) is 0 Å². The second-order valence-electron chi connectivity index (χ2n) is 1.33. The van der Waals surface area contributed by atoms with Crippen molar-refractivity contribution in [2.75, 3.05) is 6.54 Å². The van der Waals surface area contributed by atoms with Crippen LogP contribution in [0.3, 0.4) is 0 Å². The third-order valence-corrected chi connectivity index (χ3v) is 1.06. The molecule has 38 valence electrons. The van der Waals surface area contributed by atoms with Crippen molar-refractivity contribution in [2.45, 2.75) is 0 Å². The minimum atomic E-state index is 0.818. The Morgan fingerprint density at radius 2 is 2.57 bits per heavy atom. The highest BCUT2D eigenvalue weighted by Gasteiger charge is 1.86. The zero-order valence-corrected chi connectivity index (χ0v) is 4.57. The van der Waals surface area contributed by atoms with Gasteiger partial charge in [-0.15, -0.1) is 0 Å². The Labute approximate surface area is 47.7 Å². The lowest BCUT2D eigenvalue weighted by Crippen LogP contribution is -2.06. The summed E-state index contributed by atoms with van der Waals surface area (Å²) < 4.78 is 0. The molecular formula is C5H6ClN. The molecule has 0 saturated carbocycles. The lowest BCUT2D eigenvalue weighted by atomic mass is 10.4. The van der Waals surface area contributed by atoms with Gasteiger partial charge in [-0.05, 0) is 18.4 Å². The summed E-state index contributed by atoms with van der Waals surface area (Å²) in [5.74, 6) is 0. The van der Waals surface area contributed by atoms with Crippen molar-refractivity contribution >= 4 is 11.6 Å². The molecule has 1 aliphatic rings. The number of hydrogen-bond donors (Lipinski definition) is 1. The van der Waals surface area contributed by atoms with Crippen molar-refractivity contribution in [1.82, 2.24) is 5.32 Å². The van der Waals surface area contributed by atoms with Crippen LogP contribution in [0.4, 0.5) is 0 Å². The van der Waals surface area contributed by atoms with E-state index in [0.717, 1.165) is 11.6 Å². The van der Waals surface area contributed by atoms with Crippen molar-refractivity contribution in [2.24, 2.45) is 0 Å². The summed E-state index contributed by atoms with van der Waals surface area (Å²) >= 11 is 5.55. The highest BCUT2D eigenvalue weighted by Crippen LogP contribution is 2.03. The molecule has 0 amide bonds. The molecule has 0 unspecified atom stereocenters. The molecular weight excluding hydrogens is 110 g/mol. The minimum absolute atomic E-state index is 0.818. The van der Waals surface area contributed by atoms with Gasteiger partial charge in [-0.1, -0.05) is 11.6 Å². The second kappa shape index (κ2) is 2.03. The molecule has 0 fully saturated rings. The molecule has 0 aromatic heterocycles. The van der Waals surface area contributed by atoms with E-state index < -0.39 is 0 Å². The van der Waals surface area contributed by atoms with Crippen molar-refractivity contribution in [1.29, 1.82) is 0 Å². The molecule has 1 aliphatic heterocycles. The van der Waals surface area contributed by atoms with E-state index in [1.807, 2.05) is 18.4 Å². The highest BCUT2D eigenvalue weighted by atomic mass is 35.5. The fourth-order valence-electron chi connectivity index (χ4n) is 0.431. The van der Waals surface area contributed by atoms with Gasteiger partial charge in [0.2, 0.25) is 0 Å². The molecule has 0 spiro atoms. The van der Waals surface area contributed by atoms with E-state index >= 15 is 0 Å². The summed E-state index contributed by atoms with van der Waals surface area (Å²) in [5.41, 5.74) is 0. The van der Waals surface area contributed by atoms with Gasteiger partial charge in [-0.25, -0.2) is 0 Å². The van der Waals surface area contributed by atoms with E-state index in [4.69, 9.17) is 11.6 Å². The van der Waals surface area contributed by atoms with E-state index in [-0.39, 0.29) is 0 Å². The molecule has 1 heterocycles. The highest BCUT2D eigenvalue weighted by molar-refractivity contribution is 6.31. The first-order valence-corrected chi connectivity index (χ1v) is 2.53. The smallest absolute Gasteiger partial charge is 0.0397 e. The van der Waals surface area contributed by atoms with E-state index in [1.165, 1.54) is 0 Å². The van der Waals surface area contributed by atoms with Crippen molar-refractivity contribution < 1.29 is 0 Å². The lowest BCUT2D eigenvalue weighted by molar-refractivity contribution is 0.969. The predicted octanol–water partition coefficient (Wildman–Crippen LogP) is 1.23. The summed E-state index contributed by atoms with van der Waals surface area (Å²) in [7, 11) is 0. The molecule has 0 radical (unpaired) electrons. The van der Waals surface area contributed by atoms with E-state index in [9.17, 15) is 0 Å². The summed E-state index contributed by atoms with van der Waals surface area (Å²) in [4.78, 5) is 0. The van der Waals surface area contributed by atoms with Crippen LogP contribution in [0.15, 0.2) is 23.4 Å². The van der Waals surface area contributed by atoms with Gasteiger partial charge in [0, 0.05) is 11.6 Å². The molecule has 2 heteroatoms. The SMILES string of the molecule is ClC1=CCNC=C1. The summed E-state index contributed by atoms with van der Waals surface area (Å²) in [6.07, 6.45) is 5.58. The van der Waals surface area contributed by atoms with Gasteiger partial charge in [0.05, 0.1) is 0 Å². The Hall–Kier alpha value is -0.430. The lowest BCUT2D eigenvalue weighted by Gasteiger charge is -1.99. The van der Waals surface area contributed by atoms with Crippen molar-refractivity contribution in [3.8, 4) is 0 Å². The van der Waals surface area contributed by atoms with Crippen LogP contribution in [0, 0.1) is 0 Å². The quantitative estimate of drug-likeness (QED) is 0.501. The monoisotopic (exact) mass is 115 g/mol. The number of hydrogen-bond acceptors (Lipinski definition) is 1. The maximum atomic E-state index is 5.55. The fraction of sp³-hybridized carbons (Fsp3) is 0.200. The summed E-state index contributed by atoms with van der Waals surface area (Å²) in [6.45, 7) is 0.856. The average molecular weight is 116 g/mol. The van der Waals surface area contributed by atoms with E-state index in [1.54, 1.807) is 0 Å². The fourth-order valence-corrected chi connectivity index (χ4v) is 0.571. The molecule has 0 aromatic carbocycles.